The third-order valence-corrected chi connectivity index (χ3v) is 5.52. The summed E-state index contributed by atoms with van der Waals surface area (Å²) in [5, 5.41) is 4.50. The highest BCUT2D eigenvalue weighted by atomic mass is 19.4. The molecule has 0 N–H and O–H groups in total. The Labute approximate surface area is 187 Å². The monoisotopic (exact) mass is 452 g/mol. The van der Waals surface area contributed by atoms with Crippen molar-refractivity contribution >= 4 is 17.1 Å². The first kappa shape index (κ1) is 21.0. The second-order valence-electron chi connectivity index (χ2n) is 7.68. The number of pyridine rings is 2. The van der Waals surface area contributed by atoms with Crippen molar-refractivity contribution in [3.8, 4) is 17.0 Å². The molecule has 4 aromatic rings. The largest absolute Gasteiger partial charge is 0.476 e. The van der Waals surface area contributed by atoms with Gasteiger partial charge in [-0.15, -0.1) is 0 Å². The lowest BCUT2D eigenvalue weighted by Crippen LogP contribution is -2.34. The molecule has 33 heavy (non-hydrogen) atoms. The zero-order valence-corrected chi connectivity index (χ0v) is 17.4. The smallest absolute Gasteiger partial charge is 0.417 e. The lowest BCUT2D eigenvalue weighted by molar-refractivity contribution is -0.137. The maximum atomic E-state index is 13.8. The first-order valence-corrected chi connectivity index (χ1v) is 10.5. The molecule has 0 saturated carbocycles. The van der Waals surface area contributed by atoms with Gasteiger partial charge in [-0.1, -0.05) is 36.4 Å². The van der Waals surface area contributed by atoms with Crippen molar-refractivity contribution in [2.45, 2.75) is 19.0 Å². The van der Waals surface area contributed by atoms with Gasteiger partial charge >= 0.3 is 6.18 Å². The number of alkyl halides is 3. The van der Waals surface area contributed by atoms with E-state index in [9.17, 15) is 18.0 Å². The summed E-state index contributed by atoms with van der Waals surface area (Å²) in [5.74, 6) is -0.508. The molecule has 9 heteroatoms. The van der Waals surface area contributed by atoms with Crippen molar-refractivity contribution < 1.29 is 22.7 Å². The van der Waals surface area contributed by atoms with Gasteiger partial charge < -0.3 is 9.64 Å². The van der Waals surface area contributed by atoms with Crippen molar-refractivity contribution in [3.05, 3.63) is 78.2 Å². The molecule has 1 aromatic carbocycles. The van der Waals surface area contributed by atoms with E-state index in [-0.39, 0.29) is 23.8 Å². The zero-order valence-electron chi connectivity index (χ0n) is 17.4. The van der Waals surface area contributed by atoms with Crippen molar-refractivity contribution in [1.82, 2.24) is 14.6 Å². The highest BCUT2D eigenvalue weighted by Crippen LogP contribution is 2.38. The molecule has 3 aromatic heterocycles. The van der Waals surface area contributed by atoms with Crippen LogP contribution in [-0.4, -0.2) is 33.7 Å². The summed E-state index contributed by atoms with van der Waals surface area (Å²) in [7, 11) is 0. The number of nitrogens with zero attached hydrogens (tertiary/aromatic N) is 4. The average Bonchev–Trinajstić information content (AvgIpc) is 3.19. The molecule has 0 saturated heterocycles. The van der Waals surface area contributed by atoms with Gasteiger partial charge in [0.2, 0.25) is 5.88 Å². The van der Waals surface area contributed by atoms with E-state index < -0.39 is 17.6 Å². The number of ether oxygens (including phenoxy) is 1. The van der Waals surface area contributed by atoms with Gasteiger partial charge in [-0.25, -0.2) is 9.50 Å². The summed E-state index contributed by atoms with van der Waals surface area (Å²) >= 11 is 0. The SMILES string of the molecule is O=C(c1nn2ccccc2c1-c1ccccc1)N1CCCCOc2ncc(C(F)(F)F)cc21. The highest BCUT2D eigenvalue weighted by Gasteiger charge is 2.35. The van der Waals surface area contributed by atoms with Crippen molar-refractivity contribution in [1.29, 1.82) is 0 Å². The Morgan fingerprint density at radius 1 is 1.03 bits per heavy atom. The Hall–Kier alpha value is -3.88. The van der Waals surface area contributed by atoms with Gasteiger partial charge in [0.05, 0.1) is 17.7 Å². The predicted octanol–water partition coefficient (Wildman–Crippen LogP) is 5.23. The number of benzene rings is 1. The van der Waals surface area contributed by atoms with E-state index in [1.54, 1.807) is 16.8 Å². The van der Waals surface area contributed by atoms with Crippen molar-refractivity contribution in [3.63, 3.8) is 0 Å². The number of halogens is 3. The van der Waals surface area contributed by atoms with Crippen molar-refractivity contribution in [2.24, 2.45) is 0 Å². The lowest BCUT2D eigenvalue weighted by Gasteiger charge is -2.27. The van der Waals surface area contributed by atoms with Crippen molar-refractivity contribution in [2.75, 3.05) is 18.1 Å². The average molecular weight is 452 g/mol. The van der Waals surface area contributed by atoms with E-state index in [1.807, 2.05) is 42.5 Å². The van der Waals surface area contributed by atoms with Crippen LogP contribution in [0.3, 0.4) is 0 Å². The number of carbonyl (C=O) groups excluding carboxylic acids is 1. The Morgan fingerprint density at radius 2 is 1.82 bits per heavy atom. The Morgan fingerprint density at radius 3 is 2.61 bits per heavy atom. The normalized spacial score (nSPS) is 14.3. The van der Waals surface area contributed by atoms with Crippen LogP contribution in [0.15, 0.2) is 67.0 Å². The Balaban J connectivity index is 1.68. The topological polar surface area (TPSA) is 59.7 Å². The number of hydrogen-bond acceptors (Lipinski definition) is 4. The molecule has 168 valence electrons. The van der Waals surface area contributed by atoms with E-state index in [1.165, 1.54) is 4.90 Å². The molecule has 0 fully saturated rings. The van der Waals surface area contributed by atoms with Crippen LogP contribution in [0.2, 0.25) is 0 Å². The quantitative estimate of drug-likeness (QED) is 0.418. The van der Waals surface area contributed by atoms with Crippen LogP contribution in [0, 0.1) is 0 Å². The predicted molar refractivity (Wildman–Crippen MR) is 116 cm³/mol. The van der Waals surface area contributed by atoms with Gasteiger partial charge in [0.25, 0.3) is 5.91 Å². The second kappa shape index (κ2) is 8.23. The van der Waals surface area contributed by atoms with Crippen LogP contribution in [0.5, 0.6) is 5.88 Å². The molecule has 0 aliphatic carbocycles. The van der Waals surface area contributed by atoms with Gasteiger partial charge in [0.15, 0.2) is 5.69 Å². The van der Waals surface area contributed by atoms with Gasteiger partial charge in [-0.05, 0) is 36.6 Å². The molecule has 1 aliphatic heterocycles. The van der Waals surface area contributed by atoms with Crippen LogP contribution in [-0.2, 0) is 6.18 Å². The molecule has 0 atom stereocenters. The molecule has 6 nitrogen and oxygen atoms in total. The standard InChI is InChI=1S/C24H19F3N4O2/c25-24(26,27)17-14-19-22(28-15-17)33-13-7-6-11-30(19)23(32)21-20(16-8-2-1-3-9-16)18-10-4-5-12-31(18)29-21/h1-5,8-10,12,14-15H,6-7,11,13H2. The minimum atomic E-state index is -4.60. The zero-order chi connectivity index (χ0) is 23.0. The molecule has 5 rings (SSSR count). The Bertz CT molecular complexity index is 1320. The molecular weight excluding hydrogens is 433 g/mol. The van der Waals surface area contributed by atoms with Crippen LogP contribution >= 0.6 is 0 Å². The van der Waals surface area contributed by atoms with Crippen LogP contribution in [0.4, 0.5) is 18.9 Å². The number of hydrogen-bond donors (Lipinski definition) is 0. The fourth-order valence-corrected chi connectivity index (χ4v) is 3.94. The molecule has 0 radical (unpaired) electrons. The molecule has 0 spiro atoms. The van der Waals surface area contributed by atoms with E-state index in [4.69, 9.17) is 4.74 Å². The van der Waals surface area contributed by atoms with Gasteiger partial charge in [0, 0.05) is 24.5 Å². The first-order chi connectivity index (χ1) is 15.9. The summed E-state index contributed by atoms with van der Waals surface area (Å²) < 4.78 is 47.4. The molecular formula is C24H19F3N4O2. The fourth-order valence-electron chi connectivity index (χ4n) is 3.94. The molecule has 1 aliphatic rings. The molecule has 0 unspecified atom stereocenters. The first-order valence-electron chi connectivity index (χ1n) is 10.5. The maximum absolute atomic E-state index is 13.8. The number of anilines is 1. The van der Waals surface area contributed by atoms with E-state index in [0.717, 1.165) is 23.3 Å². The van der Waals surface area contributed by atoms with Gasteiger partial charge in [-0.3, -0.25) is 4.79 Å². The third kappa shape index (κ3) is 3.90. The third-order valence-electron chi connectivity index (χ3n) is 5.52. The van der Waals surface area contributed by atoms with Crippen LogP contribution < -0.4 is 9.64 Å². The van der Waals surface area contributed by atoms with Crippen LogP contribution in [0.1, 0.15) is 28.9 Å². The molecule has 1 amide bonds. The van der Waals surface area contributed by atoms with Gasteiger partial charge in [-0.2, -0.15) is 18.3 Å². The molecule has 0 bridgehead atoms. The summed E-state index contributed by atoms with van der Waals surface area (Å²) in [6, 6.07) is 15.7. The summed E-state index contributed by atoms with van der Waals surface area (Å²) in [6.07, 6.45) is -0.939. The fraction of sp³-hybridized carbons (Fsp3) is 0.208. The Kier molecular flexibility index (Phi) is 5.24. The van der Waals surface area contributed by atoms with Crippen LogP contribution in [0.25, 0.3) is 16.6 Å². The number of carbonyl (C=O) groups is 1. The number of amides is 1. The summed E-state index contributed by atoms with van der Waals surface area (Å²) in [4.78, 5) is 19.0. The van der Waals surface area contributed by atoms with E-state index >= 15 is 0 Å². The van der Waals surface area contributed by atoms with E-state index in [2.05, 4.69) is 10.1 Å². The highest BCUT2D eigenvalue weighted by molar-refractivity contribution is 6.11. The van der Waals surface area contributed by atoms with E-state index in [0.29, 0.717) is 25.0 Å². The number of aromatic nitrogens is 3. The number of fused-ring (bicyclic) bond motifs is 2. The summed E-state index contributed by atoms with van der Waals surface area (Å²) in [6.45, 7) is 0.539. The van der Waals surface area contributed by atoms with Gasteiger partial charge in [0.1, 0.15) is 5.69 Å². The second-order valence-corrected chi connectivity index (χ2v) is 7.68. The summed E-state index contributed by atoms with van der Waals surface area (Å²) in [5.41, 5.74) is 1.32. The maximum Gasteiger partial charge on any atom is 0.417 e. The minimum absolute atomic E-state index is 0.000996. The molecule has 4 heterocycles. The number of rotatable bonds is 2. The lowest BCUT2D eigenvalue weighted by atomic mass is 10.0. The minimum Gasteiger partial charge on any atom is -0.476 e.